The van der Waals surface area contributed by atoms with Gasteiger partial charge >= 0.3 is 0 Å². The first-order valence-electron chi connectivity index (χ1n) is 15.7. The van der Waals surface area contributed by atoms with Gasteiger partial charge in [-0.05, 0) is 87.7 Å². The Morgan fingerprint density at radius 2 is 1.83 bits per heavy atom. The molecule has 0 saturated heterocycles. The van der Waals surface area contributed by atoms with E-state index in [0.29, 0.717) is 36.4 Å². The number of aliphatic hydroxyl groups is 1. The van der Waals surface area contributed by atoms with Gasteiger partial charge in [-0.2, -0.15) is 4.31 Å². The maximum atomic E-state index is 14.3. The second-order valence-electron chi connectivity index (χ2n) is 11.9. The van der Waals surface area contributed by atoms with Crippen molar-refractivity contribution < 1.29 is 37.0 Å². The second kappa shape index (κ2) is 16.3. The molecule has 1 aliphatic heterocycles. The van der Waals surface area contributed by atoms with Gasteiger partial charge < -0.3 is 24.8 Å². The molecule has 11 nitrogen and oxygen atoms in total. The molecule has 2 N–H and O–H groups in total. The molecule has 0 unspecified atom stereocenters. The van der Waals surface area contributed by atoms with E-state index in [-0.39, 0.29) is 48.1 Å². The molecule has 0 fully saturated rings. The molecule has 2 heterocycles. The average molecular weight is 671 g/mol. The minimum Gasteiger partial charge on any atom is -0.490 e. The van der Waals surface area contributed by atoms with Gasteiger partial charge in [0.15, 0.2) is 0 Å². The van der Waals surface area contributed by atoms with Crippen molar-refractivity contribution in [1.29, 1.82) is 0 Å². The third kappa shape index (κ3) is 9.34. The first-order valence-corrected chi connectivity index (χ1v) is 17.1. The van der Waals surface area contributed by atoms with E-state index >= 15 is 0 Å². The van der Waals surface area contributed by atoms with Crippen LogP contribution in [0, 0.1) is 11.7 Å². The zero-order valence-electron chi connectivity index (χ0n) is 27.1. The predicted octanol–water partition coefficient (Wildman–Crippen LogP) is 4.59. The molecule has 2 amide bonds. The van der Waals surface area contributed by atoms with Crippen LogP contribution in [0.5, 0.6) is 5.75 Å². The van der Waals surface area contributed by atoms with E-state index in [2.05, 4.69) is 10.3 Å². The van der Waals surface area contributed by atoms with E-state index in [1.54, 1.807) is 37.3 Å². The zero-order valence-corrected chi connectivity index (χ0v) is 28.0. The fourth-order valence-electron chi connectivity index (χ4n) is 5.31. The number of hydrogen-bond donors (Lipinski definition) is 2. The van der Waals surface area contributed by atoms with Crippen molar-refractivity contribution in [3.63, 3.8) is 0 Å². The van der Waals surface area contributed by atoms with E-state index in [4.69, 9.17) is 9.47 Å². The van der Waals surface area contributed by atoms with Gasteiger partial charge in [-0.1, -0.05) is 6.92 Å². The first kappa shape index (κ1) is 35.9. The van der Waals surface area contributed by atoms with E-state index in [9.17, 15) is 27.5 Å². The molecule has 0 spiro atoms. The molecule has 0 aliphatic carbocycles. The van der Waals surface area contributed by atoms with E-state index in [1.165, 1.54) is 40.8 Å². The van der Waals surface area contributed by atoms with Gasteiger partial charge in [0.25, 0.3) is 11.8 Å². The molecule has 0 bridgehead atoms. The molecule has 1 aromatic heterocycles. The molecule has 47 heavy (non-hydrogen) atoms. The quantitative estimate of drug-likeness (QED) is 0.355. The number of aromatic nitrogens is 1. The maximum absolute atomic E-state index is 14.3. The number of aliphatic hydroxyl groups excluding tert-OH is 1. The predicted molar refractivity (Wildman–Crippen MR) is 175 cm³/mol. The molecule has 4 atom stereocenters. The summed E-state index contributed by atoms with van der Waals surface area (Å²) in [7, 11) is -2.51. The molecule has 1 aliphatic rings. The summed E-state index contributed by atoms with van der Waals surface area (Å²) >= 11 is 0. The van der Waals surface area contributed by atoms with Crippen LogP contribution >= 0.6 is 0 Å². The number of amides is 2. The van der Waals surface area contributed by atoms with Crippen LogP contribution < -0.4 is 10.1 Å². The van der Waals surface area contributed by atoms with Crippen LogP contribution in [-0.2, 0) is 14.8 Å². The second-order valence-corrected chi connectivity index (χ2v) is 14.0. The van der Waals surface area contributed by atoms with Crippen molar-refractivity contribution >= 4 is 27.5 Å². The standard InChI is InChI=1S/C34H43FN4O7S/c1-23-20-39(24(2)22-40)34(42)30-19-28(37-33(41)26-14-16-36-17-15-26)10-13-31(30)46-25(3)7-5-6-18-45-32(23)21-38(4)47(43,44)29-11-8-27(35)9-12-29/h8-17,19,23-25,32,40H,5-7,18,20-22H2,1-4H3,(H,37,41)/t23-,24+,25+,32+/m0/s1. The molecule has 13 heteroatoms. The SMILES string of the molecule is C[C@@H]1CCCCO[C@H](CN(C)S(=O)(=O)c2ccc(F)cc2)[C@@H](C)CN([C@H](C)CO)C(=O)c2cc(NC(=O)c3ccncc3)ccc2O1. The van der Waals surface area contributed by atoms with Gasteiger partial charge in [0, 0.05) is 56.3 Å². The number of ether oxygens (including phenoxy) is 2. The number of fused-ring (bicyclic) bond motifs is 1. The summed E-state index contributed by atoms with van der Waals surface area (Å²) in [5.41, 5.74) is 0.996. The Morgan fingerprint density at radius 3 is 2.51 bits per heavy atom. The van der Waals surface area contributed by atoms with Crippen molar-refractivity contribution in [1.82, 2.24) is 14.2 Å². The van der Waals surface area contributed by atoms with E-state index < -0.39 is 33.9 Å². The zero-order chi connectivity index (χ0) is 34.1. The van der Waals surface area contributed by atoms with Crippen LogP contribution in [-0.4, -0.2) is 91.1 Å². The van der Waals surface area contributed by atoms with E-state index in [0.717, 1.165) is 18.6 Å². The lowest BCUT2D eigenvalue weighted by molar-refractivity contribution is -0.00834. The molecule has 2 aromatic carbocycles. The summed E-state index contributed by atoms with van der Waals surface area (Å²) in [6.45, 7) is 5.64. The van der Waals surface area contributed by atoms with Crippen LogP contribution in [0.3, 0.4) is 0 Å². The van der Waals surface area contributed by atoms with E-state index in [1.807, 2.05) is 13.8 Å². The molecule has 0 radical (unpaired) electrons. The van der Waals surface area contributed by atoms with Gasteiger partial charge in [-0.25, -0.2) is 12.8 Å². The summed E-state index contributed by atoms with van der Waals surface area (Å²) in [6, 6.07) is 12.1. The minimum atomic E-state index is -3.96. The van der Waals surface area contributed by atoms with Crippen LogP contribution in [0.15, 0.2) is 71.9 Å². The summed E-state index contributed by atoms with van der Waals surface area (Å²) in [4.78, 5) is 32.6. The lowest BCUT2D eigenvalue weighted by Gasteiger charge is -2.35. The van der Waals surface area contributed by atoms with Gasteiger partial charge in [0.05, 0.1) is 35.3 Å². The molecule has 0 saturated carbocycles. The number of rotatable bonds is 8. The number of carbonyl (C=O) groups excluding carboxylic acids is 2. The number of nitrogens with one attached hydrogen (secondary N) is 1. The number of anilines is 1. The Balaban J connectivity index is 1.65. The Hall–Kier alpha value is -3.91. The Bertz CT molecular complexity index is 1610. The highest BCUT2D eigenvalue weighted by atomic mass is 32.2. The van der Waals surface area contributed by atoms with Crippen LogP contribution in [0.25, 0.3) is 0 Å². The third-order valence-corrected chi connectivity index (χ3v) is 10.0. The monoisotopic (exact) mass is 670 g/mol. The number of hydrogen-bond acceptors (Lipinski definition) is 8. The largest absolute Gasteiger partial charge is 0.490 e. The van der Waals surface area contributed by atoms with Crippen molar-refractivity contribution in [3.05, 3.63) is 83.9 Å². The number of benzene rings is 2. The molecular formula is C34H43FN4O7S. The third-order valence-electron chi connectivity index (χ3n) is 8.21. The van der Waals surface area contributed by atoms with Crippen LogP contribution in [0.4, 0.5) is 10.1 Å². The number of likely N-dealkylation sites (N-methyl/N-ethyl adjacent to an activating group) is 1. The molecule has 4 rings (SSSR count). The number of pyridine rings is 1. The Morgan fingerprint density at radius 1 is 1.13 bits per heavy atom. The number of sulfonamides is 1. The van der Waals surface area contributed by atoms with Crippen molar-refractivity contribution in [2.24, 2.45) is 5.92 Å². The lowest BCUT2D eigenvalue weighted by atomic mass is 10.0. The average Bonchev–Trinajstić information content (AvgIpc) is 3.06. The van der Waals surface area contributed by atoms with Crippen LogP contribution in [0.1, 0.15) is 60.7 Å². The van der Waals surface area contributed by atoms with Gasteiger partial charge in [-0.3, -0.25) is 14.6 Å². The van der Waals surface area contributed by atoms with Crippen molar-refractivity contribution in [2.75, 3.05) is 38.7 Å². The normalized spacial score (nSPS) is 20.5. The van der Waals surface area contributed by atoms with Gasteiger partial charge in [0.2, 0.25) is 10.0 Å². The Kier molecular flexibility index (Phi) is 12.4. The maximum Gasteiger partial charge on any atom is 0.258 e. The topological polar surface area (TPSA) is 138 Å². The fourth-order valence-corrected chi connectivity index (χ4v) is 6.49. The lowest BCUT2D eigenvalue weighted by Crippen LogP contribution is -2.48. The molecular weight excluding hydrogens is 627 g/mol. The molecule has 254 valence electrons. The smallest absolute Gasteiger partial charge is 0.258 e. The fraction of sp³-hybridized carbons (Fsp3) is 0.441. The highest BCUT2D eigenvalue weighted by Gasteiger charge is 2.32. The van der Waals surface area contributed by atoms with Gasteiger partial charge in [-0.15, -0.1) is 0 Å². The Labute approximate surface area is 275 Å². The van der Waals surface area contributed by atoms with Crippen LogP contribution in [0.2, 0.25) is 0 Å². The molecule has 3 aromatic rings. The van der Waals surface area contributed by atoms with Crippen molar-refractivity contribution in [3.8, 4) is 5.75 Å². The first-order chi connectivity index (χ1) is 22.4. The number of halogens is 1. The summed E-state index contributed by atoms with van der Waals surface area (Å²) in [5.74, 6) is -1.36. The van der Waals surface area contributed by atoms with Gasteiger partial charge in [0.1, 0.15) is 11.6 Å². The summed E-state index contributed by atoms with van der Waals surface area (Å²) in [5, 5.41) is 13.0. The minimum absolute atomic E-state index is 0.0162. The summed E-state index contributed by atoms with van der Waals surface area (Å²) in [6.07, 6.45) is 4.31. The van der Waals surface area contributed by atoms with Crippen molar-refractivity contribution in [2.45, 2.75) is 63.2 Å². The number of nitrogens with zero attached hydrogens (tertiary/aromatic N) is 3. The highest BCUT2D eigenvalue weighted by molar-refractivity contribution is 7.89. The highest BCUT2D eigenvalue weighted by Crippen LogP contribution is 2.29. The number of carbonyl (C=O) groups is 2. The summed E-state index contributed by atoms with van der Waals surface area (Å²) < 4.78 is 53.8.